The number of nitrogens with zero attached hydrogens (tertiary/aromatic N) is 2. The SMILES string of the molecule is CCCn1nccc1C(NC)C(OCC)C(C)(C)C. The van der Waals surface area contributed by atoms with E-state index in [1.54, 1.807) is 0 Å². The van der Waals surface area contributed by atoms with Crippen LogP contribution in [-0.2, 0) is 11.3 Å². The molecule has 4 heteroatoms. The highest BCUT2D eigenvalue weighted by molar-refractivity contribution is 5.11. The number of aromatic nitrogens is 2. The standard InChI is InChI=1S/C15H29N3O/c1-7-11-18-12(9-10-17-18)13(16-6)14(19-8-2)15(3,4)5/h9-10,13-14,16H,7-8,11H2,1-6H3. The molecular weight excluding hydrogens is 238 g/mol. The number of ether oxygens (including phenoxy) is 1. The van der Waals surface area contributed by atoms with Crippen LogP contribution in [0.2, 0.25) is 0 Å². The van der Waals surface area contributed by atoms with Gasteiger partial charge in [-0.05, 0) is 31.9 Å². The smallest absolute Gasteiger partial charge is 0.0832 e. The van der Waals surface area contributed by atoms with Crippen LogP contribution in [0.25, 0.3) is 0 Å². The average molecular weight is 267 g/mol. The van der Waals surface area contributed by atoms with Gasteiger partial charge in [0.05, 0.1) is 17.8 Å². The molecule has 0 amide bonds. The van der Waals surface area contributed by atoms with Crippen molar-refractivity contribution in [3.05, 3.63) is 18.0 Å². The first kappa shape index (κ1) is 16.2. The molecule has 1 N–H and O–H groups in total. The Labute approximate surface area is 117 Å². The summed E-state index contributed by atoms with van der Waals surface area (Å²) < 4.78 is 8.10. The number of likely N-dealkylation sites (N-methyl/N-ethyl adjacent to an activating group) is 1. The summed E-state index contributed by atoms with van der Waals surface area (Å²) in [5.41, 5.74) is 1.28. The fraction of sp³-hybridized carbons (Fsp3) is 0.800. The molecule has 19 heavy (non-hydrogen) atoms. The fourth-order valence-corrected chi connectivity index (χ4v) is 2.49. The van der Waals surface area contributed by atoms with E-state index in [1.807, 2.05) is 13.2 Å². The predicted molar refractivity (Wildman–Crippen MR) is 79.2 cm³/mol. The van der Waals surface area contributed by atoms with Crippen LogP contribution in [0.5, 0.6) is 0 Å². The molecule has 1 heterocycles. The van der Waals surface area contributed by atoms with Crippen molar-refractivity contribution >= 4 is 0 Å². The summed E-state index contributed by atoms with van der Waals surface area (Å²) in [7, 11) is 1.99. The van der Waals surface area contributed by atoms with Gasteiger partial charge in [0.15, 0.2) is 0 Å². The van der Waals surface area contributed by atoms with Crippen molar-refractivity contribution in [3.63, 3.8) is 0 Å². The second-order valence-corrected chi connectivity index (χ2v) is 5.99. The predicted octanol–water partition coefficient (Wildman–Crippen LogP) is 3.00. The van der Waals surface area contributed by atoms with Gasteiger partial charge in [-0.1, -0.05) is 27.7 Å². The van der Waals surface area contributed by atoms with Crippen molar-refractivity contribution in [1.29, 1.82) is 0 Å². The van der Waals surface area contributed by atoms with Crippen LogP contribution >= 0.6 is 0 Å². The highest BCUT2D eigenvalue weighted by atomic mass is 16.5. The topological polar surface area (TPSA) is 39.1 Å². The van der Waals surface area contributed by atoms with Gasteiger partial charge in [0.1, 0.15) is 0 Å². The lowest BCUT2D eigenvalue weighted by atomic mass is 9.83. The Morgan fingerprint density at radius 3 is 2.53 bits per heavy atom. The van der Waals surface area contributed by atoms with Crippen LogP contribution in [0.4, 0.5) is 0 Å². The maximum Gasteiger partial charge on any atom is 0.0832 e. The highest BCUT2D eigenvalue weighted by Gasteiger charge is 2.34. The van der Waals surface area contributed by atoms with Crippen LogP contribution in [0, 0.1) is 5.41 Å². The molecule has 2 unspecified atom stereocenters. The highest BCUT2D eigenvalue weighted by Crippen LogP contribution is 2.32. The van der Waals surface area contributed by atoms with E-state index in [1.165, 1.54) is 5.69 Å². The summed E-state index contributed by atoms with van der Waals surface area (Å²) >= 11 is 0. The summed E-state index contributed by atoms with van der Waals surface area (Å²) in [6.45, 7) is 12.6. The lowest BCUT2D eigenvalue weighted by Crippen LogP contribution is -2.42. The summed E-state index contributed by atoms with van der Waals surface area (Å²) in [6.07, 6.45) is 3.08. The van der Waals surface area contributed by atoms with Crippen molar-refractivity contribution in [2.24, 2.45) is 5.41 Å². The molecule has 0 aliphatic carbocycles. The van der Waals surface area contributed by atoms with E-state index in [-0.39, 0.29) is 17.6 Å². The molecule has 4 nitrogen and oxygen atoms in total. The Balaban J connectivity index is 3.05. The molecule has 0 aliphatic rings. The zero-order chi connectivity index (χ0) is 14.5. The van der Waals surface area contributed by atoms with Crippen LogP contribution in [0.3, 0.4) is 0 Å². The summed E-state index contributed by atoms with van der Waals surface area (Å²) in [5, 5.41) is 7.83. The van der Waals surface area contributed by atoms with Crippen molar-refractivity contribution in [3.8, 4) is 0 Å². The van der Waals surface area contributed by atoms with Gasteiger partial charge < -0.3 is 10.1 Å². The number of aryl methyl sites for hydroxylation is 1. The van der Waals surface area contributed by atoms with Gasteiger partial charge in [-0.25, -0.2) is 0 Å². The van der Waals surface area contributed by atoms with Gasteiger partial charge in [0.25, 0.3) is 0 Å². The number of nitrogens with one attached hydrogen (secondary N) is 1. The van der Waals surface area contributed by atoms with E-state index in [4.69, 9.17) is 4.74 Å². The maximum atomic E-state index is 6.01. The molecule has 1 rings (SSSR count). The van der Waals surface area contributed by atoms with Gasteiger partial charge in [0, 0.05) is 19.3 Å². The van der Waals surface area contributed by atoms with Gasteiger partial charge in [0.2, 0.25) is 0 Å². The van der Waals surface area contributed by atoms with E-state index in [0.29, 0.717) is 0 Å². The lowest BCUT2D eigenvalue weighted by molar-refractivity contribution is -0.0368. The van der Waals surface area contributed by atoms with Gasteiger partial charge in [-0.2, -0.15) is 5.10 Å². The van der Waals surface area contributed by atoms with Crippen LogP contribution in [0.15, 0.2) is 12.3 Å². The summed E-state index contributed by atoms with van der Waals surface area (Å²) in [6, 6.07) is 2.25. The molecule has 0 aromatic carbocycles. The second-order valence-electron chi connectivity index (χ2n) is 5.99. The quantitative estimate of drug-likeness (QED) is 0.825. The van der Waals surface area contributed by atoms with E-state index in [9.17, 15) is 0 Å². The first-order valence-corrected chi connectivity index (χ1v) is 7.26. The van der Waals surface area contributed by atoms with Crippen LogP contribution in [0.1, 0.15) is 52.8 Å². The van der Waals surface area contributed by atoms with E-state index in [0.717, 1.165) is 19.6 Å². The van der Waals surface area contributed by atoms with E-state index < -0.39 is 0 Å². The molecule has 2 atom stereocenters. The molecule has 110 valence electrons. The molecule has 0 fully saturated rings. The minimum absolute atomic E-state index is 0.0744. The summed E-state index contributed by atoms with van der Waals surface area (Å²) in [5.74, 6) is 0. The van der Waals surface area contributed by atoms with Crippen molar-refractivity contribution < 1.29 is 4.74 Å². The molecule has 0 radical (unpaired) electrons. The minimum atomic E-state index is 0.0744. The van der Waals surface area contributed by atoms with Crippen LogP contribution < -0.4 is 5.32 Å². The van der Waals surface area contributed by atoms with Crippen molar-refractivity contribution in [2.45, 2.75) is 59.7 Å². The number of hydrogen-bond acceptors (Lipinski definition) is 3. The molecule has 0 bridgehead atoms. The third kappa shape index (κ3) is 4.05. The first-order chi connectivity index (χ1) is 8.95. The Kier molecular flexibility index (Phi) is 6.01. The molecular formula is C15H29N3O. The largest absolute Gasteiger partial charge is 0.376 e. The Bertz CT molecular complexity index is 368. The fourth-order valence-electron chi connectivity index (χ4n) is 2.49. The number of rotatable bonds is 7. The Morgan fingerprint density at radius 1 is 1.37 bits per heavy atom. The summed E-state index contributed by atoms with van der Waals surface area (Å²) in [4.78, 5) is 0. The molecule has 0 saturated heterocycles. The van der Waals surface area contributed by atoms with Crippen molar-refractivity contribution in [1.82, 2.24) is 15.1 Å². The third-order valence-corrected chi connectivity index (χ3v) is 3.32. The monoisotopic (exact) mass is 267 g/mol. The van der Waals surface area contributed by atoms with Crippen molar-refractivity contribution in [2.75, 3.05) is 13.7 Å². The van der Waals surface area contributed by atoms with Gasteiger partial charge in [-0.15, -0.1) is 0 Å². The van der Waals surface area contributed by atoms with Gasteiger partial charge in [-0.3, -0.25) is 4.68 Å². The molecule has 0 saturated carbocycles. The minimum Gasteiger partial charge on any atom is -0.376 e. The zero-order valence-electron chi connectivity index (χ0n) is 13.2. The molecule has 0 spiro atoms. The van der Waals surface area contributed by atoms with E-state index in [2.05, 4.69) is 55.8 Å². The number of hydrogen-bond donors (Lipinski definition) is 1. The van der Waals surface area contributed by atoms with Crippen LogP contribution in [-0.4, -0.2) is 29.5 Å². The maximum absolute atomic E-state index is 6.01. The second kappa shape index (κ2) is 7.06. The molecule has 1 aromatic rings. The first-order valence-electron chi connectivity index (χ1n) is 7.26. The molecule has 1 aromatic heterocycles. The Morgan fingerprint density at radius 2 is 2.05 bits per heavy atom. The third-order valence-electron chi connectivity index (χ3n) is 3.32. The van der Waals surface area contributed by atoms with E-state index >= 15 is 0 Å². The normalized spacial score (nSPS) is 15.5. The van der Waals surface area contributed by atoms with Gasteiger partial charge >= 0.3 is 0 Å². The lowest BCUT2D eigenvalue weighted by Gasteiger charge is -2.36. The zero-order valence-corrected chi connectivity index (χ0v) is 13.2. The molecule has 0 aliphatic heterocycles. The average Bonchev–Trinajstić information content (AvgIpc) is 2.77. The Hall–Kier alpha value is -0.870.